The summed E-state index contributed by atoms with van der Waals surface area (Å²) in [4.78, 5) is 7.36. The minimum Gasteiger partial charge on any atom is -0.376 e. The lowest BCUT2D eigenvalue weighted by molar-refractivity contribution is -0.0993. The fraction of sp³-hybridized carbons (Fsp3) is 0.312. The first-order valence-corrected chi connectivity index (χ1v) is 7.19. The highest BCUT2D eigenvalue weighted by Gasteiger charge is 2.39. The molecule has 1 aliphatic rings. The molecule has 0 atom stereocenters. The van der Waals surface area contributed by atoms with Crippen molar-refractivity contribution in [3.63, 3.8) is 0 Å². The predicted octanol–water partition coefficient (Wildman–Crippen LogP) is 1.88. The van der Waals surface area contributed by atoms with Gasteiger partial charge in [-0.1, -0.05) is 6.07 Å². The quantitative estimate of drug-likeness (QED) is 0.751. The fourth-order valence-corrected chi connectivity index (χ4v) is 2.87. The summed E-state index contributed by atoms with van der Waals surface area (Å²) >= 11 is 0. The van der Waals surface area contributed by atoms with Crippen LogP contribution in [0, 0.1) is 0 Å². The number of nitrogens with one attached hydrogen (secondary N) is 2. The molecule has 3 heterocycles. The van der Waals surface area contributed by atoms with Crippen molar-refractivity contribution in [3.05, 3.63) is 54.7 Å². The van der Waals surface area contributed by atoms with Crippen molar-refractivity contribution in [1.29, 1.82) is 0 Å². The van der Waals surface area contributed by atoms with E-state index in [-0.39, 0.29) is 5.54 Å². The van der Waals surface area contributed by atoms with E-state index in [1.54, 1.807) is 0 Å². The normalized spacial score (nSPS) is 17.0. The van der Waals surface area contributed by atoms with E-state index in [4.69, 9.17) is 4.74 Å². The van der Waals surface area contributed by atoms with Crippen LogP contribution in [0.5, 0.6) is 0 Å². The van der Waals surface area contributed by atoms with E-state index >= 15 is 0 Å². The lowest BCUT2D eigenvalue weighted by Crippen LogP contribution is -2.57. The molecule has 4 rings (SSSR count). The van der Waals surface area contributed by atoms with Crippen LogP contribution in [0.25, 0.3) is 10.9 Å². The first kappa shape index (κ1) is 12.6. The summed E-state index contributed by atoms with van der Waals surface area (Å²) in [5, 5.41) is 4.81. The van der Waals surface area contributed by atoms with Crippen molar-refractivity contribution in [2.24, 2.45) is 0 Å². The first-order valence-electron chi connectivity index (χ1n) is 7.19. The van der Waals surface area contributed by atoms with Crippen LogP contribution < -0.4 is 5.32 Å². The summed E-state index contributed by atoms with van der Waals surface area (Å²) in [5.41, 5.74) is 2.50. The van der Waals surface area contributed by atoms with Crippen molar-refractivity contribution in [1.82, 2.24) is 19.9 Å². The Labute approximate surface area is 123 Å². The topological polar surface area (TPSA) is 54.9 Å². The highest BCUT2D eigenvalue weighted by molar-refractivity contribution is 5.79. The zero-order chi connectivity index (χ0) is 14.1. The van der Waals surface area contributed by atoms with Crippen LogP contribution in [0.4, 0.5) is 0 Å². The van der Waals surface area contributed by atoms with Crippen molar-refractivity contribution < 1.29 is 4.74 Å². The van der Waals surface area contributed by atoms with Gasteiger partial charge in [-0.05, 0) is 29.1 Å². The zero-order valence-corrected chi connectivity index (χ0v) is 11.7. The molecule has 3 aromatic rings. The van der Waals surface area contributed by atoms with E-state index in [9.17, 15) is 0 Å². The Bertz CT molecular complexity index is 728. The summed E-state index contributed by atoms with van der Waals surface area (Å²) in [6, 6.07) is 8.61. The highest BCUT2D eigenvalue weighted by Crippen LogP contribution is 2.25. The van der Waals surface area contributed by atoms with Gasteiger partial charge in [0.15, 0.2) is 0 Å². The van der Waals surface area contributed by atoms with Crippen LogP contribution in [-0.4, -0.2) is 34.3 Å². The molecule has 0 amide bonds. The number of H-pyrrole nitrogens is 1. The number of aromatic nitrogens is 3. The van der Waals surface area contributed by atoms with E-state index in [0.717, 1.165) is 26.3 Å². The van der Waals surface area contributed by atoms with Gasteiger partial charge in [0.1, 0.15) is 5.54 Å². The number of hydrogen-bond acceptors (Lipinski definition) is 3. The largest absolute Gasteiger partial charge is 0.376 e. The van der Waals surface area contributed by atoms with Gasteiger partial charge in [-0.25, -0.2) is 4.98 Å². The Morgan fingerprint density at radius 2 is 2.29 bits per heavy atom. The van der Waals surface area contributed by atoms with Gasteiger partial charge in [-0.15, -0.1) is 0 Å². The standard InChI is InChI=1S/C16H18N4O/c1-2-15-14(3-4-19-15)7-13(1)8-18-9-16(10-21-11-16)20-6-5-17-12-20/h1-7,12,18-19H,8-11H2. The third kappa shape index (κ3) is 2.24. The minimum absolute atomic E-state index is 0.0225. The van der Waals surface area contributed by atoms with Gasteiger partial charge in [0.25, 0.3) is 0 Å². The van der Waals surface area contributed by atoms with Crippen molar-refractivity contribution in [2.75, 3.05) is 19.8 Å². The number of ether oxygens (including phenoxy) is 1. The van der Waals surface area contributed by atoms with Gasteiger partial charge in [-0.3, -0.25) is 0 Å². The molecular formula is C16H18N4O. The summed E-state index contributed by atoms with van der Waals surface area (Å²) in [5.74, 6) is 0. The maximum atomic E-state index is 5.42. The molecule has 0 aliphatic carbocycles. The molecule has 2 aromatic heterocycles. The smallest absolute Gasteiger partial charge is 0.104 e. The summed E-state index contributed by atoms with van der Waals surface area (Å²) in [7, 11) is 0. The third-order valence-corrected chi connectivity index (χ3v) is 4.19. The average molecular weight is 282 g/mol. The number of fused-ring (bicyclic) bond motifs is 1. The Morgan fingerprint density at radius 1 is 1.33 bits per heavy atom. The highest BCUT2D eigenvalue weighted by atomic mass is 16.5. The molecule has 0 bridgehead atoms. The van der Waals surface area contributed by atoms with Crippen molar-refractivity contribution in [3.8, 4) is 0 Å². The molecule has 1 saturated heterocycles. The lowest BCUT2D eigenvalue weighted by atomic mass is 9.97. The predicted molar refractivity (Wildman–Crippen MR) is 81.0 cm³/mol. The van der Waals surface area contributed by atoms with E-state index < -0.39 is 0 Å². The maximum Gasteiger partial charge on any atom is 0.104 e. The van der Waals surface area contributed by atoms with Gasteiger partial charge in [0, 0.05) is 37.2 Å². The van der Waals surface area contributed by atoms with Crippen LogP contribution in [0.2, 0.25) is 0 Å². The Morgan fingerprint density at radius 3 is 3.05 bits per heavy atom. The Balaban J connectivity index is 1.42. The second-order valence-corrected chi connectivity index (χ2v) is 5.69. The van der Waals surface area contributed by atoms with E-state index in [2.05, 4.69) is 44.1 Å². The van der Waals surface area contributed by atoms with E-state index in [1.807, 2.05) is 24.9 Å². The van der Waals surface area contributed by atoms with Gasteiger partial charge in [0.05, 0.1) is 19.5 Å². The first-order chi connectivity index (χ1) is 10.4. The molecule has 21 heavy (non-hydrogen) atoms. The SMILES string of the molecule is c1cn(C2(CNCc3ccc4[nH]ccc4c3)COC2)cn1. The van der Waals surface area contributed by atoms with Gasteiger partial charge >= 0.3 is 0 Å². The van der Waals surface area contributed by atoms with Crippen LogP contribution in [0.1, 0.15) is 5.56 Å². The summed E-state index contributed by atoms with van der Waals surface area (Å²) in [6.45, 7) is 3.23. The molecule has 2 N–H and O–H groups in total. The minimum atomic E-state index is 0.0225. The zero-order valence-electron chi connectivity index (χ0n) is 11.7. The van der Waals surface area contributed by atoms with Gasteiger partial charge < -0.3 is 19.6 Å². The molecule has 0 radical (unpaired) electrons. The number of imidazole rings is 1. The maximum absolute atomic E-state index is 5.42. The van der Waals surface area contributed by atoms with Crippen molar-refractivity contribution in [2.45, 2.75) is 12.1 Å². The fourth-order valence-electron chi connectivity index (χ4n) is 2.87. The van der Waals surface area contributed by atoms with Gasteiger partial charge in [-0.2, -0.15) is 0 Å². The molecule has 0 saturated carbocycles. The molecular weight excluding hydrogens is 264 g/mol. The second kappa shape index (κ2) is 5.02. The van der Waals surface area contributed by atoms with Crippen LogP contribution >= 0.6 is 0 Å². The molecule has 0 spiro atoms. The molecule has 5 heteroatoms. The number of aromatic amines is 1. The Hall–Kier alpha value is -2.11. The van der Waals surface area contributed by atoms with E-state index in [1.165, 1.54) is 16.5 Å². The average Bonchev–Trinajstić information content (AvgIpc) is 3.12. The van der Waals surface area contributed by atoms with Gasteiger partial charge in [0.2, 0.25) is 0 Å². The number of rotatable bonds is 5. The second-order valence-electron chi connectivity index (χ2n) is 5.69. The molecule has 5 nitrogen and oxygen atoms in total. The molecule has 108 valence electrons. The lowest BCUT2D eigenvalue weighted by Gasteiger charge is -2.42. The number of benzene rings is 1. The van der Waals surface area contributed by atoms with Crippen molar-refractivity contribution >= 4 is 10.9 Å². The molecule has 1 fully saturated rings. The Kier molecular flexibility index (Phi) is 3.02. The van der Waals surface area contributed by atoms with Crippen LogP contribution in [0.15, 0.2) is 49.2 Å². The number of hydrogen-bond donors (Lipinski definition) is 2. The third-order valence-electron chi connectivity index (χ3n) is 4.19. The molecule has 1 aromatic carbocycles. The number of nitrogens with zero attached hydrogens (tertiary/aromatic N) is 2. The molecule has 0 unspecified atom stereocenters. The monoisotopic (exact) mass is 282 g/mol. The van der Waals surface area contributed by atoms with Crippen LogP contribution in [0.3, 0.4) is 0 Å². The summed E-state index contributed by atoms with van der Waals surface area (Å²) in [6.07, 6.45) is 7.67. The van der Waals surface area contributed by atoms with E-state index in [0.29, 0.717) is 0 Å². The van der Waals surface area contributed by atoms with Crippen LogP contribution in [-0.2, 0) is 16.8 Å². The molecule has 1 aliphatic heterocycles. The summed E-state index contributed by atoms with van der Waals surface area (Å²) < 4.78 is 7.57.